The predicted molar refractivity (Wildman–Crippen MR) is 78.9 cm³/mol. The van der Waals surface area contributed by atoms with Gasteiger partial charge in [0.15, 0.2) is 0 Å². The van der Waals surface area contributed by atoms with Gasteiger partial charge in [0.05, 0.1) is 6.17 Å². The van der Waals surface area contributed by atoms with Crippen molar-refractivity contribution in [2.45, 2.75) is 75.7 Å². The molecule has 4 unspecified atom stereocenters. The Balaban J connectivity index is 1.68. The Labute approximate surface area is 117 Å². The van der Waals surface area contributed by atoms with Gasteiger partial charge in [0.1, 0.15) is 0 Å². The highest BCUT2D eigenvalue weighted by molar-refractivity contribution is 4.97. The lowest BCUT2D eigenvalue weighted by Crippen LogP contribution is -2.52. The summed E-state index contributed by atoms with van der Waals surface area (Å²) in [4.78, 5) is 0. The van der Waals surface area contributed by atoms with E-state index < -0.39 is 0 Å². The van der Waals surface area contributed by atoms with E-state index in [1.165, 1.54) is 51.5 Å². The van der Waals surface area contributed by atoms with Crippen LogP contribution in [0.15, 0.2) is 0 Å². The van der Waals surface area contributed by atoms with Crippen molar-refractivity contribution < 1.29 is 0 Å². The minimum atomic E-state index is 0.277. The van der Waals surface area contributed by atoms with Gasteiger partial charge in [-0.3, -0.25) is 10.6 Å². The van der Waals surface area contributed by atoms with Gasteiger partial charge in [0, 0.05) is 24.7 Å². The first-order valence-corrected chi connectivity index (χ1v) is 8.33. The smallest absolute Gasteiger partial charge is 0.0731 e. The molecule has 0 amide bonds. The quantitative estimate of drug-likeness (QED) is 0.527. The second kappa shape index (κ2) is 6.53. The molecule has 0 radical (unpaired) electrons. The Bertz CT molecular complexity index is 283. The van der Waals surface area contributed by atoms with Crippen LogP contribution in [-0.2, 0) is 0 Å². The van der Waals surface area contributed by atoms with Crippen molar-refractivity contribution in [1.82, 2.24) is 16.0 Å². The second-order valence-corrected chi connectivity index (χ2v) is 6.68. The highest BCUT2D eigenvalue weighted by Crippen LogP contribution is 2.29. The van der Waals surface area contributed by atoms with E-state index in [2.05, 4.69) is 16.0 Å². The van der Waals surface area contributed by atoms with Crippen LogP contribution in [-0.4, -0.2) is 37.4 Å². The Hall–Kier alpha value is -0.160. The summed E-state index contributed by atoms with van der Waals surface area (Å²) >= 11 is 0. The molecule has 0 spiro atoms. The van der Waals surface area contributed by atoms with E-state index in [1.54, 1.807) is 0 Å². The average molecular weight is 266 g/mol. The minimum Gasteiger partial charge on any atom is -0.325 e. The highest BCUT2D eigenvalue weighted by Gasteiger charge is 2.37. The summed E-state index contributed by atoms with van der Waals surface area (Å²) in [6, 6.07) is 1.62. The van der Waals surface area contributed by atoms with Crippen molar-refractivity contribution in [2.24, 2.45) is 11.7 Å². The van der Waals surface area contributed by atoms with E-state index in [-0.39, 0.29) is 6.04 Å². The third-order valence-electron chi connectivity index (χ3n) is 5.34. The SMILES string of the molecule is NC1CCCCCNC2CCCCC2[C@H]2CNC1N2. The van der Waals surface area contributed by atoms with E-state index >= 15 is 0 Å². The van der Waals surface area contributed by atoms with Crippen LogP contribution < -0.4 is 21.7 Å². The molecule has 5 atom stereocenters. The van der Waals surface area contributed by atoms with Gasteiger partial charge in [-0.25, -0.2) is 0 Å². The topological polar surface area (TPSA) is 62.1 Å². The van der Waals surface area contributed by atoms with Crippen molar-refractivity contribution in [3.05, 3.63) is 0 Å². The van der Waals surface area contributed by atoms with E-state index in [9.17, 15) is 0 Å². The van der Waals surface area contributed by atoms with Gasteiger partial charge in [-0.05, 0) is 38.1 Å². The molecule has 2 saturated heterocycles. The molecular formula is C15H30N4. The largest absolute Gasteiger partial charge is 0.325 e. The first-order chi connectivity index (χ1) is 9.34. The molecule has 0 aromatic heterocycles. The van der Waals surface area contributed by atoms with E-state index in [0.717, 1.165) is 24.9 Å². The lowest BCUT2D eigenvalue weighted by Gasteiger charge is -2.37. The molecule has 4 heteroatoms. The van der Waals surface area contributed by atoms with Crippen LogP contribution in [0.25, 0.3) is 0 Å². The third-order valence-corrected chi connectivity index (χ3v) is 5.34. The highest BCUT2D eigenvalue weighted by atomic mass is 15.2. The molecule has 19 heavy (non-hydrogen) atoms. The Kier molecular flexibility index (Phi) is 4.74. The van der Waals surface area contributed by atoms with E-state index in [4.69, 9.17) is 5.73 Å². The standard InChI is InChI=1S/C15H30N4/c16-12-7-2-1-5-9-17-13-8-4-3-6-11(13)14-10-18-15(12)19-14/h11-15,17-19H,1-10,16H2/t11?,12?,13?,14-,15?/m1/s1. The molecule has 0 aromatic carbocycles. The molecule has 0 aromatic rings. The second-order valence-electron chi connectivity index (χ2n) is 6.68. The molecule has 1 aliphatic carbocycles. The summed E-state index contributed by atoms with van der Waals surface area (Å²) in [6.45, 7) is 2.29. The number of nitrogens with one attached hydrogen (secondary N) is 3. The fraction of sp³-hybridized carbons (Fsp3) is 1.00. The Morgan fingerprint density at radius 3 is 2.58 bits per heavy atom. The van der Waals surface area contributed by atoms with Gasteiger partial charge in [0.25, 0.3) is 0 Å². The number of fused-ring (bicyclic) bond motifs is 4. The molecular weight excluding hydrogens is 236 g/mol. The maximum absolute atomic E-state index is 6.32. The van der Waals surface area contributed by atoms with Crippen LogP contribution in [0.2, 0.25) is 0 Å². The molecule has 2 bridgehead atoms. The third kappa shape index (κ3) is 3.30. The summed E-state index contributed by atoms with van der Waals surface area (Å²) in [5, 5.41) is 11.2. The van der Waals surface area contributed by atoms with Crippen LogP contribution in [0, 0.1) is 5.92 Å². The predicted octanol–water partition coefficient (Wildman–Crippen LogP) is 0.924. The van der Waals surface area contributed by atoms with E-state index in [0.29, 0.717) is 12.2 Å². The van der Waals surface area contributed by atoms with E-state index in [1.807, 2.05) is 0 Å². The van der Waals surface area contributed by atoms with Gasteiger partial charge in [-0.2, -0.15) is 0 Å². The molecule has 5 N–H and O–H groups in total. The molecule has 4 nitrogen and oxygen atoms in total. The zero-order chi connectivity index (χ0) is 13.1. The van der Waals surface area contributed by atoms with Gasteiger partial charge in [-0.1, -0.05) is 25.7 Å². The monoisotopic (exact) mass is 266 g/mol. The zero-order valence-electron chi connectivity index (χ0n) is 12.0. The number of hydrogen-bond donors (Lipinski definition) is 4. The normalized spacial score (nSPS) is 45.0. The molecule has 3 fully saturated rings. The fourth-order valence-electron chi connectivity index (χ4n) is 4.18. The van der Waals surface area contributed by atoms with Crippen molar-refractivity contribution in [3.63, 3.8) is 0 Å². The first kappa shape index (κ1) is 13.8. The first-order valence-electron chi connectivity index (χ1n) is 8.33. The maximum Gasteiger partial charge on any atom is 0.0731 e. The molecule has 2 heterocycles. The lowest BCUT2D eigenvalue weighted by atomic mass is 9.79. The summed E-state index contributed by atoms with van der Waals surface area (Å²) in [5.74, 6) is 0.790. The summed E-state index contributed by atoms with van der Waals surface area (Å²) in [5.41, 5.74) is 6.32. The minimum absolute atomic E-state index is 0.277. The molecule has 110 valence electrons. The Morgan fingerprint density at radius 2 is 1.63 bits per heavy atom. The summed E-state index contributed by atoms with van der Waals surface area (Å²) in [6.07, 6.45) is 10.9. The number of hydrogen-bond acceptors (Lipinski definition) is 4. The van der Waals surface area contributed by atoms with Crippen LogP contribution in [0.1, 0.15) is 51.4 Å². The van der Waals surface area contributed by atoms with Crippen molar-refractivity contribution in [2.75, 3.05) is 13.1 Å². The average Bonchev–Trinajstić information content (AvgIpc) is 2.91. The fourth-order valence-corrected chi connectivity index (χ4v) is 4.18. The van der Waals surface area contributed by atoms with Gasteiger partial charge >= 0.3 is 0 Å². The van der Waals surface area contributed by atoms with Gasteiger partial charge in [-0.15, -0.1) is 0 Å². The van der Waals surface area contributed by atoms with Crippen LogP contribution in [0.5, 0.6) is 0 Å². The summed E-state index contributed by atoms with van der Waals surface area (Å²) < 4.78 is 0. The number of nitrogens with two attached hydrogens (primary N) is 1. The van der Waals surface area contributed by atoms with Crippen molar-refractivity contribution in [3.8, 4) is 0 Å². The van der Waals surface area contributed by atoms with Crippen LogP contribution in [0.4, 0.5) is 0 Å². The molecule has 1 saturated carbocycles. The Morgan fingerprint density at radius 1 is 0.789 bits per heavy atom. The molecule has 3 rings (SSSR count). The molecule has 2 aliphatic heterocycles. The molecule has 3 aliphatic rings. The van der Waals surface area contributed by atoms with Crippen molar-refractivity contribution >= 4 is 0 Å². The van der Waals surface area contributed by atoms with Crippen molar-refractivity contribution in [1.29, 1.82) is 0 Å². The number of rotatable bonds is 0. The lowest BCUT2D eigenvalue weighted by molar-refractivity contribution is 0.212. The maximum atomic E-state index is 6.32. The zero-order valence-corrected chi connectivity index (χ0v) is 12.0. The van der Waals surface area contributed by atoms with Crippen LogP contribution in [0.3, 0.4) is 0 Å². The van der Waals surface area contributed by atoms with Gasteiger partial charge in [0.2, 0.25) is 0 Å². The van der Waals surface area contributed by atoms with Crippen LogP contribution >= 0.6 is 0 Å². The van der Waals surface area contributed by atoms with Gasteiger partial charge < -0.3 is 11.1 Å². The summed E-state index contributed by atoms with van der Waals surface area (Å²) in [7, 11) is 0.